The van der Waals surface area contributed by atoms with Crippen LogP contribution in [0.4, 0.5) is 5.82 Å². The molecule has 114 valence electrons. The summed E-state index contributed by atoms with van der Waals surface area (Å²) in [5.74, 6) is 0.958. The molecule has 1 N–H and O–H groups in total. The first-order chi connectivity index (χ1) is 9.94. The van der Waals surface area contributed by atoms with Crippen molar-refractivity contribution in [2.75, 3.05) is 18.0 Å². The number of aliphatic hydroxyl groups excluding tert-OH is 1. The van der Waals surface area contributed by atoms with Crippen LogP contribution < -0.4 is 4.90 Å². The molecule has 6 nitrogen and oxygen atoms in total. The summed E-state index contributed by atoms with van der Waals surface area (Å²) in [5, 5.41) is 14.7. The van der Waals surface area contributed by atoms with Gasteiger partial charge in [0.25, 0.3) is 0 Å². The highest BCUT2D eigenvalue weighted by Gasteiger charge is 2.34. The Balaban J connectivity index is 1.94. The number of aliphatic hydroxyl groups is 1. The number of fused-ring (bicyclic) bond motifs is 1. The molecule has 3 rings (SSSR count). The lowest BCUT2D eigenvalue weighted by atomic mass is 10.2. The van der Waals surface area contributed by atoms with Crippen molar-refractivity contribution >= 4 is 11.5 Å². The zero-order valence-electron chi connectivity index (χ0n) is 12.9. The average Bonchev–Trinajstić information content (AvgIpc) is 2.91. The first-order valence-corrected chi connectivity index (χ1v) is 7.36. The first kappa shape index (κ1) is 14.3. The van der Waals surface area contributed by atoms with Crippen molar-refractivity contribution in [2.45, 2.75) is 46.0 Å². The average molecular weight is 290 g/mol. The predicted molar refractivity (Wildman–Crippen MR) is 80.7 cm³/mol. The molecule has 0 aromatic carbocycles. The van der Waals surface area contributed by atoms with Gasteiger partial charge in [0.2, 0.25) is 0 Å². The second-order valence-corrected chi connectivity index (χ2v) is 6.01. The summed E-state index contributed by atoms with van der Waals surface area (Å²) in [6.45, 7) is 9.12. The Bertz CT molecular complexity index is 652. The van der Waals surface area contributed by atoms with Gasteiger partial charge in [0.05, 0.1) is 17.9 Å². The summed E-state index contributed by atoms with van der Waals surface area (Å²) < 4.78 is 7.63. The largest absolute Gasteiger partial charge is 0.388 e. The zero-order chi connectivity index (χ0) is 15.1. The van der Waals surface area contributed by atoms with Gasteiger partial charge in [-0.3, -0.25) is 0 Å². The summed E-state index contributed by atoms with van der Waals surface area (Å²) in [6, 6.07) is 3.97. The van der Waals surface area contributed by atoms with Crippen molar-refractivity contribution in [3.05, 3.63) is 23.5 Å². The Labute approximate surface area is 124 Å². The third kappa shape index (κ3) is 2.73. The number of ether oxygens (including phenoxy) is 1. The van der Waals surface area contributed by atoms with Gasteiger partial charge in [-0.15, -0.1) is 0 Å². The fourth-order valence-corrected chi connectivity index (χ4v) is 2.85. The lowest BCUT2D eigenvalue weighted by Crippen LogP contribution is -2.29. The van der Waals surface area contributed by atoms with Crippen LogP contribution >= 0.6 is 0 Å². The Kier molecular flexibility index (Phi) is 3.59. The Hall–Kier alpha value is -1.66. The van der Waals surface area contributed by atoms with E-state index in [9.17, 15) is 5.11 Å². The third-order valence-corrected chi connectivity index (χ3v) is 3.67. The standard InChI is InChI=1S/C15H22N4O2/c1-9(2)21-13-8-18(7-12(13)20)15-6-10(3)16-14-5-11(4)17-19(14)15/h5-6,9,12-13,20H,7-8H2,1-4H3/t12-,13-/m1/s1. The summed E-state index contributed by atoms with van der Waals surface area (Å²) >= 11 is 0. The highest BCUT2D eigenvalue weighted by Crippen LogP contribution is 2.24. The van der Waals surface area contributed by atoms with Crippen LogP contribution in [0.15, 0.2) is 12.1 Å². The van der Waals surface area contributed by atoms with Gasteiger partial charge in [-0.05, 0) is 27.7 Å². The monoisotopic (exact) mass is 290 g/mol. The third-order valence-electron chi connectivity index (χ3n) is 3.67. The molecular weight excluding hydrogens is 268 g/mol. The summed E-state index contributed by atoms with van der Waals surface area (Å²) in [5.41, 5.74) is 2.72. The summed E-state index contributed by atoms with van der Waals surface area (Å²) in [6.07, 6.45) is -0.534. The predicted octanol–water partition coefficient (Wildman–Crippen LogP) is 1.32. The fourth-order valence-electron chi connectivity index (χ4n) is 2.85. The molecule has 2 aromatic heterocycles. The first-order valence-electron chi connectivity index (χ1n) is 7.36. The van der Waals surface area contributed by atoms with Crippen LogP contribution in [0, 0.1) is 13.8 Å². The van der Waals surface area contributed by atoms with Crippen molar-refractivity contribution in [3.63, 3.8) is 0 Å². The molecule has 0 radical (unpaired) electrons. The molecule has 1 fully saturated rings. The SMILES string of the molecule is Cc1cc(N2C[C@@H](O)[C@H](OC(C)C)C2)n2nc(C)cc2n1. The number of rotatable bonds is 3. The van der Waals surface area contributed by atoms with E-state index in [1.807, 2.05) is 44.3 Å². The molecule has 1 aliphatic heterocycles. The lowest BCUT2D eigenvalue weighted by molar-refractivity contribution is -0.0386. The Morgan fingerprint density at radius 2 is 2.00 bits per heavy atom. The second-order valence-electron chi connectivity index (χ2n) is 6.01. The van der Waals surface area contributed by atoms with E-state index in [0.29, 0.717) is 13.1 Å². The summed E-state index contributed by atoms with van der Waals surface area (Å²) in [7, 11) is 0. The number of hydrogen-bond acceptors (Lipinski definition) is 5. The maximum Gasteiger partial charge on any atom is 0.157 e. The zero-order valence-corrected chi connectivity index (χ0v) is 12.9. The maximum atomic E-state index is 10.2. The van der Waals surface area contributed by atoms with Crippen LogP contribution in [0.1, 0.15) is 25.2 Å². The molecule has 0 unspecified atom stereocenters. The second kappa shape index (κ2) is 5.27. The lowest BCUT2D eigenvalue weighted by Gasteiger charge is -2.20. The molecule has 0 spiro atoms. The van der Waals surface area contributed by atoms with Gasteiger partial charge in [0.15, 0.2) is 5.65 Å². The molecule has 6 heteroatoms. The number of aryl methyl sites for hydroxylation is 2. The smallest absolute Gasteiger partial charge is 0.157 e. The van der Waals surface area contributed by atoms with E-state index >= 15 is 0 Å². The number of β-amino-alcohol motifs (C(OH)–C–C–N with tert-alkyl or cyclic N) is 1. The number of nitrogens with zero attached hydrogens (tertiary/aromatic N) is 4. The van der Waals surface area contributed by atoms with Crippen LogP contribution in [0.3, 0.4) is 0 Å². The molecule has 0 bridgehead atoms. The van der Waals surface area contributed by atoms with Crippen molar-refractivity contribution in [1.82, 2.24) is 14.6 Å². The molecule has 2 aromatic rings. The maximum absolute atomic E-state index is 10.2. The highest BCUT2D eigenvalue weighted by molar-refractivity contribution is 5.52. The van der Waals surface area contributed by atoms with Crippen LogP contribution in [-0.4, -0.2) is 51.1 Å². The van der Waals surface area contributed by atoms with Crippen LogP contribution in [0.25, 0.3) is 5.65 Å². The molecule has 0 saturated carbocycles. The van der Waals surface area contributed by atoms with E-state index in [4.69, 9.17) is 4.74 Å². The normalized spacial score (nSPS) is 22.7. The van der Waals surface area contributed by atoms with E-state index in [0.717, 1.165) is 22.9 Å². The van der Waals surface area contributed by atoms with Crippen molar-refractivity contribution < 1.29 is 9.84 Å². The van der Waals surface area contributed by atoms with Crippen molar-refractivity contribution in [3.8, 4) is 0 Å². The van der Waals surface area contributed by atoms with Gasteiger partial charge in [-0.1, -0.05) is 0 Å². The van der Waals surface area contributed by atoms with Crippen molar-refractivity contribution in [2.24, 2.45) is 0 Å². The van der Waals surface area contributed by atoms with Crippen molar-refractivity contribution in [1.29, 1.82) is 0 Å². The van der Waals surface area contributed by atoms with Gasteiger partial charge < -0.3 is 14.7 Å². The van der Waals surface area contributed by atoms with Crippen LogP contribution in [0.5, 0.6) is 0 Å². The molecule has 2 atom stereocenters. The van der Waals surface area contributed by atoms with E-state index in [1.54, 1.807) is 0 Å². The molecule has 3 heterocycles. The summed E-state index contributed by atoms with van der Waals surface area (Å²) in [4.78, 5) is 6.61. The Morgan fingerprint density at radius 3 is 2.71 bits per heavy atom. The van der Waals surface area contributed by atoms with Gasteiger partial charge in [0, 0.05) is 30.9 Å². The highest BCUT2D eigenvalue weighted by atomic mass is 16.5. The minimum Gasteiger partial charge on any atom is -0.388 e. The van der Waals surface area contributed by atoms with Gasteiger partial charge in [0.1, 0.15) is 11.9 Å². The van der Waals surface area contributed by atoms with E-state index < -0.39 is 6.10 Å². The minimum atomic E-state index is -0.479. The van der Waals surface area contributed by atoms with E-state index in [-0.39, 0.29) is 12.2 Å². The molecule has 1 aliphatic rings. The van der Waals surface area contributed by atoms with Gasteiger partial charge in [-0.2, -0.15) is 9.61 Å². The Morgan fingerprint density at radius 1 is 1.24 bits per heavy atom. The fraction of sp³-hybridized carbons (Fsp3) is 0.600. The molecule has 1 saturated heterocycles. The minimum absolute atomic E-state index is 0.107. The number of anilines is 1. The van der Waals surface area contributed by atoms with E-state index in [2.05, 4.69) is 15.0 Å². The quantitative estimate of drug-likeness (QED) is 0.923. The van der Waals surface area contributed by atoms with Gasteiger partial charge in [-0.25, -0.2) is 4.98 Å². The van der Waals surface area contributed by atoms with Crippen LogP contribution in [-0.2, 0) is 4.74 Å². The van der Waals surface area contributed by atoms with E-state index in [1.165, 1.54) is 0 Å². The number of hydrogen-bond donors (Lipinski definition) is 1. The van der Waals surface area contributed by atoms with Gasteiger partial charge >= 0.3 is 0 Å². The van der Waals surface area contributed by atoms with Crippen LogP contribution in [0.2, 0.25) is 0 Å². The molecule has 0 aliphatic carbocycles. The topological polar surface area (TPSA) is 62.9 Å². The molecule has 0 amide bonds. The molecule has 21 heavy (non-hydrogen) atoms. The number of aromatic nitrogens is 3. The molecular formula is C15H22N4O2.